The van der Waals surface area contributed by atoms with Crippen molar-refractivity contribution in [1.82, 2.24) is 4.98 Å². The van der Waals surface area contributed by atoms with E-state index in [0.717, 1.165) is 12.1 Å². The minimum absolute atomic E-state index is 0.0133. The minimum atomic E-state index is -0.962. The van der Waals surface area contributed by atoms with E-state index in [9.17, 15) is 18.4 Å². The highest BCUT2D eigenvalue weighted by Crippen LogP contribution is 2.13. The molecule has 0 amide bonds. The van der Waals surface area contributed by atoms with Crippen LogP contribution in [0.1, 0.15) is 28.8 Å². The summed E-state index contributed by atoms with van der Waals surface area (Å²) >= 11 is 0. The summed E-state index contributed by atoms with van der Waals surface area (Å²) in [4.78, 5) is 27.5. The Morgan fingerprint density at radius 2 is 2.04 bits per heavy atom. The van der Waals surface area contributed by atoms with Gasteiger partial charge in [0.05, 0.1) is 24.1 Å². The molecule has 0 bridgehead atoms. The van der Waals surface area contributed by atoms with Gasteiger partial charge in [-0.05, 0) is 24.3 Å². The summed E-state index contributed by atoms with van der Waals surface area (Å²) in [5.41, 5.74) is 0.103. The Morgan fingerprint density at radius 1 is 1.23 bits per heavy atom. The number of anilines is 1. The lowest BCUT2D eigenvalue weighted by Crippen LogP contribution is -2.16. The molecule has 1 heterocycles. The number of esters is 1. The second-order valence-electron chi connectivity index (χ2n) is 5.21. The van der Waals surface area contributed by atoms with Crippen molar-refractivity contribution < 1.29 is 23.1 Å². The Kier molecular flexibility index (Phi) is 6.74. The molecule has 1 N–H and O–H groups in total. The first-order valence-corrected chi connectivity index (χ1v) is 7.74. The summed E-state index contributed by atoms with van der Waals surface area (Å²) in [5, 5.41) is 11.8. The van der Waals surface area contributed by atoms with E-state index in [4.69, 9.17) is 10.00 Å². The number of nitriles is 1. The fourth-order valence-electron chi connectivity index (χ4n) is 2.11. The molecule has 0 aliphatic rings. The lowest BCUT2D eigenvalue weighted by atomic mass is 10.1. The van der Waals surface area contributed by atoms with Crippen molar-refractivity contribution in [2.45, 2.75) is 12.8 Å². The van der Waals surface area contributed by atoms with E-state index < -0.39 is 23.4 Å². The third-order valence-electron chi connectivity index (χ3n) is 3.37. The van der Waals surface area contributed by atoms with Gasteiger partial charge < -0.3 is 10.1 Å². The predicted molar refractivity (Wildman–Crippen MR) is 88.3 cm³/mol. The van der Waals surface area contributed by atoms with Crippen LogP contribution in [0.5, 0.6) is 0 Å². The Bertz CT molecular complexity index is 850. The van der Waals surface area contributed by atoms with Gasteiger partial charge in [0.2, 0.25) is 0 Å². The van der Waals surface area contributed by atoms with Crippen molar-refractivity contribution in [1.29, 1.82) is 5.26 Å². The number of carbonyl (C=O) groups excluding carboxylic acids is 2. The normalized spacial score (nSPS) is 10.0. The lowest BCUT2D eigenvalue weighted by Gasteiger charge is -2.08. The quantitative estimate of drug-likeness (QED) is 0.443. The van der Waals surface area contributed by atoms with E-state index in [-0.39, 0.29) is 31.6 Å². The molecule has 2 rings (SSSR count). The topological polar surface area (TPSA) is 92.1 Å². The van der Waals surface area contributed by atoms with Crippen LogP contribution in [0.3, 0.4) is 0 Å². The number of benzene rings is 1. The monoisotopic (exact) mass is 359 g/mol. The van der Waals surface area contributed by atoms with E-state index in [1.165, 1.54) is 6.20 Å². The van der Waals surface area contributed by atoms with Crippen LogP contribution in [-0.2, 0) is 9.53 Å². The largest absolute Gasteiger partial charge is 0.464 e. The zero-order valence-corrected chi connectivity index (χ0v) is 13.7. The fourth-order valence-corrected chi connectivity index (χ4v) is 2.11. The number of hydrogen-bond donors (Lipinski definition) is 1. The van der Waals surface area contributed by atoms with Gasteiger partial charge in [-0.25, -0.2) is 13.8 Å². The third kappa shape index (κ3) is 5.34. The van der Waals surface area contributed by atoms with Gasteiger partial charge in [0.15, 0.2) is 5.78 Å². The number of nitrogens with one attached hydrogen (secondary N) is 1. The molecule has 2 aromatic rings. The molecule has 6 nitrogen and oxygen atoms in total. The number of Topliss-reactive ketones (excluding diaryl/α,β-unsaturated/α-hetero) is 1. The van der Waals surface area contributed by atoms with Crippen molar-refractivity contribution in [3.8, 4) is 6.07 Å². The molecular weight excluding hydrogens is 344 g/mol. The van der Waals surface area contributed by atoms with Crippen LogP contribution in [0.15, 0.2) is 36.5 Å². The molecule has 0 fully saturated rings. The molecule has 0 aliphatic heterocycles. The molecule has 134 valence electrons. The van der Waals surface area contributed by atoms with E-state index in [1.807, 2.05) is 6.07 Å². The number of ketones is 1. The SMILES string of the molecule is N#Cc1cccnc1NCCOC(=O)CCC(=O)c1ccc(F)cc1F. The first-order chi connectivity index (χ1) is 12.5. The van der Waals surface area contributed by atoms with Gasteiger partial charge in [-0.3, -0.25) is 9.59 Å². The highest BCUT2D eigenvalue weighted by molar-refractivity contribution is 5.97. The molecule has 0 radical (unpaired) electrons. The third-order valence-corrected chi connectivity index (χ3v) is 3.37. The number of pyridine rings is 1. The molecular formula is C18H15F2N3O3. The van der Waals surface area contributed by atoms with Gasteiger partial charge in [-0.1, -0.05) is 0 Å². The van der Waals surface area contributed by atoms with E-state index in [0.29, 0.717) is 17.4 Å². The zero-order chi connectivity index (χ0) is 18.9. The predicted octanol–water partition coefficient (Wildman–Crippen LogP) is 2.85. The van der Waals surface area contributed by atoms with Gasteiger partial charge in [0, 0.05) is 18.7 Å². The number of halogens is 2. The molecule has 26 heavy (non-hydrogen) atoms. The first-order valence-electron chi connectivity index (χ1n) is 7.74. The second kappa shape index (κ2) is 9.22. The summed E-state index contributed by atoms with van der Waals surface area (Å²) in [6.45, 7) is 0.247. The number of aromatic nitrogens is 1. The summed E-state index contributed by atoms with van der Waals surface area (Å²) in [7, 11) is 0. The molecule has 0 saturated carbocycles. The average molecular weight is 359 g/mol. The maximum atomic E-state index is 13.5. The zero-order valence-electron chi connectivity index (χ0n) is 13.7. The van der Waals surface area contributed by atoms with Gasteiger partial charge >= 0.3 is 5.97 Å². The standard InChI is InChI=1S/C18H15F2N3O3/c19-13-3-4-14(15(20)10-13)16(24)5-6-17(25)26-9-8-23-18-12(11-21)2-1-7-22-18/h1-4,7,10H,5-6,8-9H2,(H,22,23). The Morgan fingerprint density at radius 3 is 2.77 bits per heavy atom. The van der Waals surface area contributed by atoms with Crippen LogP contribution in [0.2, 0.25) is 0 Å². The van der Waals surface area contributed by atoms with E-state index in [1.54, 1.807) is 12.1 Å². The fraction of sp³-hybridized carbons (Fsp3) is 0.222. The van der Waals surface area contributed by atoms with Gasteiger partial charge in [-0.15, -0.1) is 0 Å². The van der Waals surface area contributed by atoms with Crippen LogP contribution in [0.4, 0.5) is 14.6 Å². The Hall–Kier alpha value is -3.34. The molecule has 0 aliphatic carbocycles. The van der Waals surface area contributed by atoms with Crippen molar-refractivity contribution in [3.63, 3.8) is 0 Å². The first kappa shape index (κ1) is 19.0. The summed E-state index contributed by atoms with van der Waals surface area (Å²) < 4.78 is 31.3. The number of carbonyl (C=O) groups is 2. The van der Waals surface area contributed by atoms with Crippen LogP contribution < -0.4 is 5.32 Å². The number of hydrogen-bond acceptors (Lipinski definition) is 6. The maximum absolute atomic E-state index is 13.5. The average Bonchev–Trinajstić information content (AvgIpc) is 2.63. The van der Waals surface area contributed by atoms with Crippen molar-refractivity contribution >= 4 is 17.6 Å². The number of nitrogens with zero attached hydrogens (tertiary/aromatic N) is 2. The lowest BCUT2D eigenvalue weighted by molar-refractivity contribution is -0.143. The molecule has 1 aromatic heterocycles. The molecule has 0 spiro atoms. The van der Waals surface area contributed by atoms with Crippen LogP contribution in [-0.4, -0.2) is 29.9 Å². The van der Waals surface area contributed by atoms with Crippen molar-refractivity contribution in [2.75, 3.05) is 18.5 Å². The van der Waals surface area contributed by atoms with Crippen LogP contribution in [0, 0.1) is 23.0 Å². The van der Waals surface area contributed by atoms with Crippen molar-refractivity contribution in [3.05, 3.63) is 59.3 Å². The number of ether oxygens (including phenoxy) is 1. The van der Waals surface area contributed by atoms with Crippen molar-refractivity contribution in [2.24, 2.45) is 0 Å². The molecule has 8 heteroatoms. The summed E-state index contributed by atoms with van der Waals surface area (Å²) in [6.07, 6.45) is 1.06. The van der Waals surface area contributed by atoms with Crippen LogP contribution in [0.25, 0.3) is 0 Å². The van der Waals surface area contributed by atoms with E-state index >= 15 is 0 Å². The number of rotatable bonds is 8. The van der Waals surface area contributed by atoms with Crippen LogP contribution >= 0.6 is 0 Å². The summed E-state index contributed by atoms with van der Waals surface area (Å²) in [6, 6.07) is 7.84. The maximum Gasteiger partial charge on any atom is 0.306 e. The molecule has 1 aromatic carbocycles. The minimum Gasteiger partial charge on any atom is -0.464 e. The van der Waals surface area contributed by atoms with Gasteiger partial charge in [0.1, 0.15) is 30.1 Å². The van der Waals surface area contributed by atoms with Gasteiger partial charge in [-0.2, -0.15) is 5.26 Å². The Labute approximate surface area is 148 Å². The molecule has 0 unspecified atom stereocenters. The second-order valence-corrected chi connectivity index (χ2v) is 5.21. The smallest absolute Gasteiger partial charge is 0.306 e. The van der Waals surface area contributed by atoms with Gasteiger partial charge in [0.25, 0.3) is 0 Å². The highest BCUT2D eigenvalue weighted by atomic mass is 19.1. The highest BCUT2D eigenvalue weighted by Gasteiger charge is 2.14. The molecule has 0 saturated heterocycles. The Balaban J connectivity index is 1.72. The molecule has 0 atom stereocenters. The summed E-state index contributed by atoms with van der Waals surface area (Å²) in [5.74, 6) is -2.59. The van der Waals surface area contributed by atoms with E-state index in [2.05, 4.69) is 10.3 Å².